The Hall–Kier alpha value is -2.48. The lowest BCUT2D eigenvalue weighted by molar-refractivity contribution is -0.137. The molecule has 0 aromatic heterocycles. The lowest BCUT2D eigenvalue weighted by Crippen LogP contribution is -2.18. The minimum atomic E-state index is -4.44. The number of hydrogen-bond acceptors (Lipinski definition) is 2. The van der Waals surface area contributed by atoms with Gasteiger partial charge in [0.1, 0.15) is 6.07 Å². The first-order valence-electron chi connectivity index (χ1n) is 6.28. The molecule has 0 aliphatic rings. The molecule has 0 atom stereocenters. The summed E-state index contributed by atoms with van der Waals surface area (Å²) >= 11 is 0. The average Bonchev–Trinajstić information content (AvgIpc) is 2.46. The minimum absolute atomic E-state index is 0.0169. The van der Waals surface area contributed by atoms with Crippen LogP contribution in [0.4, 0.5) is 18.9 Å². The summed E-state index contributed by atoms with van der Waals surface area (Å²) in [5.41, 5.74) is 0.706. The third-order valence-corrected chi connectivity index (χ3v) is 3.12. The van der Waals surface area contributed by atoms with Gasteiger partial charge < -0.3 is 4.90 Å². The van der Waals surface area contributed by atoms with Gasteiger partial charge in [-0.2, -0.15) is 18.4 Å². The summed E-state index contributed by atoms with van der Waals surface area (Å²) in [4.78, 5) is 1.76. The van der Waals surface area contributed by atoms with E-state index in [0.29, 0.717) is 12.2 Å². The van der Waals surface area contributed by atoms with E-state index in [9.17, 15) is 13.2 Å². The van der Waals surface area contributed by atoms with Crippen LogP contribution in [0.1, 0.15) is 16.7 Å². The number of nitriles is 1. The van der Waals surface area contributed by atoms with Gasteiger partial charge in [0, 0.05) is 13.6 Å². The van der Waals surface area contributed by atoms with Crippen LogP contribution in [0.2, 0.25) is 0 Å². The monoisotopic (exact) mass is 290 g/mol. The molecule has 0 radical (unpaired) electrons. The predicted octanol–water partition coefficient (Wildman–Crippen LogP) is 4.21. The molecule has 0 bridgehead atoms. The molecule has 108 valence electrons. The zero-order valence-corrected chi connectivity index (χ0v) is 11.4. The first-order valence-corrected chi connectivity index (χ1v) is 6.28. The molecule has 0 unspecified atom stereocenters. The van der Waals surface area contributed by atoms with Gasteiger partial charge in [-0.1, -0.05) is 30.3 Å². The van der Waals surface area contributed by atoms with Crippen molar-refractivity contribution in [3.8, 4) is 6.07 Å². The van der Waals surface area contributed by atoms with E-state index < -0.39 is 11.7 Å². The second kappa shape index (κ2) is 5.88. The molecule has 0 saturated heterocycles. The van der Waals surface area contributed by atoms with Crippen LogP contribution in [0, 0.1) is 11.3 Å². The van der Waals surface area contributed by atoms with Crippen molar-refractivity contribution in [3.63, 3.8) is 0 Å². The molecule has 0 N–H and O–H groups in total. The highest BCUT2D eigenvalue weighted by Crippen LogP contribution is 2.32. The SMILES string of the molecule is CN(Cc1ccccc1)c1ccc(C(F)(F)F)cc1C#N. The molecule has 0 amide bonds. The van der Waals surface area contributed by atoms with Crippen molar-refractivity contribution in [1.82, 2.24) is 0 Å². The van der Waals surface area contributed by atoms with Crippen LogP contribution < -0.4 is 4.90 Å². The Morgan fingerprint density at radius 2 is 1.76 bits per heavy atom. The van der Waals surface area contributed by atoms with Crippen molar-refractivity contribution in [2.75, 3.05) is 11.9 Å². The fraction of sp³-hybridized carbons (Fsp3) is 0.188. The molecule has 21 heavy (non-hydrogen) atoms. The van der Waals surface area contributed by atoms with Crippen LogP contribution in [0.25, 0.3) is 0 Å². The zero-order chi connectivity index (χ0) is 15.5. The third-order valence-electron chi connectivity index (χ3n) is 3.12. The highest BCUT2D eigenvalue weighted by molar-refractivity contribution is 5.60. The summed E-state index contributed by atoms with van der Waals surface area (Å²) in [5, 5.41) is 9.08. The Labute approximate surface area is 121 Å². The van der Waals surface area contributed by atoms with Crippen molar-refractivity contribution < 1.29 is 13.2 Å². The Morgan fingerprint density at radius 3 is 2.33 bits per heavy atom. The van der Waals surface area contributed by atoms with E-state index >= 15 is 0 Å². The molecule has 2 aromatic carbocycles. The Morgan fingerprint density at radius 1 is 1.10 bits per heavy atom. The summed E-state index contributed by atoms with van der Waals surface area (Å²) < 4.78 is 38.0. The van der Waals surface area contributed by atoms with Gasteiger partial charge in [-0.25, -0.2) is 0 Å². The summed E-state index contributed by atoms with van der Waals surface area (Å²) in [7, 11) is 1.75. The molecule has 2 nitrogen and oxygen atoms in total. The van der Waals surface area contributed by atoms with Gasteiger partial charge in [0.15, 0.2) is 0 Å². The van der Waals surface area contributed by atoms with E-state index in [-0.39, 0.29) is 5.56 Å². The van der Waals surface area contributed by atoms with E-state index in [0.717, 1.165) is 17.7 Å². The van der Waals surface area contributed by atoms with Crippen molar-refractivity contribution in [2.45, 2.75) is 12.7 Å². The van der Waals surface area contributed by atoms with Gasteiger partial charge >= 0.3 is 6.18 Å². The fourth-order valence-electron chi connectivity index (χ4n) is 2.08. The van der Waals surface area contributed by atoms with Gasteiger partial charge in [0.05, 0.1) is 16.8 Å². The first-order chi connectivity index (χ1) is 9.91. The molecule has 0 saturated carbocycles. The van der Waals surface area contributed by atoms with Crippen LogP contribution in [0.5, 0.6) is 0 Å². The maximum absolute atomic E-state index is 12.7. The molecule has 0 heterocycles. The van der Waals surface area contributed by atoms with Gasteiger partial charge in [-0.15, -0.1) is 0 Å². The molecular weight excluding hydrogens is 277 g/mol. The molecule has 0 fully saturated rings. The number of rotatable bonds is 3. The van der Waals surface area contributed by atoms with E-state index in [1.165, 1.54) is 6.07 Å². The quantitative estimate of drug-likeness (QED) is 0.846. The Bertz CT molecular complexity index is 657. The van der Waals surface area contributed by atoms with Crippen LogP contribution in [-0.2, 0) is 12.7 Å². The van der Waals surface area contributed by atoms with Crippen LogP contribution in [-0.4, -0.2) is 7.05 Å². The number of hydrogen-bond donors (Lipinski definition) is 0. The van der Waals surface area contributed by atoms with Crippen molar-refractivity contribution in [3.05, 3.63) is 65.2 Å². The number of anilines is 1. The van der Waals surface area contributed by atoms with E-state index in [1.54, 1.807) is 11.9 Å². The standard InChI is InChI=1S/C16H13F3N2/c1-21(11-12-5-3-2-4-6-12)15-8-7-14(16(17,18)19)9-13(15)10-20/h2-9H,11H2,1H3. The minimum Gasteiger partial charge on any atom is -0.369 e. The van der Waals surface area contributed by atoms with Gasteiger partial charge in [0.2, 0.25) is 0 Å². The maximum Gasteiger partial charge on any atom is 0.416 e. The smallest absolute Gasteiger partial charge is 0.369 e. The molecule has 0 aliphatic carbocycles. The van der Waals surface area contributed by atoms with Crippen LogP contribution in [0.3, 0.4) is 0 Å². The van der Waals surface area contributed by atoms with E-state index in [2.05, 4.69) is 0 Å². The van der Waals surface area contributed by atoms with Crippen molar-refractivity contribution >= 4 is 5.69 Å². The summed E-state index contributed by atoms with van der Waals surface area (Å²) in [6.45, 7) is 0.515. The highest BCUT2D eigenvalue weighted by Gasteiger charge is 2.31. The lowest BCUT2D eigenvalue weighted by Gasteiger charge is -2.21. The largest absolute Gasteiger partial charge is 0.416 e. The second-order valence-corrected chi connectivity index (χ2v) is 4.68. The molecule has 5 heteroatoms. The van der Waals surface area contributed by atoms with Gasteiger partial charge in [-0.05, 0) is 23.8 Å². The fourth-order valence-corrected chi connectivity index (χ4v) is 2.08. The van der Waals surface area contributed by atoms with Gasteiger partial charge in [-0.3, -0.25) is 0 Å². The first kappa shape index (κ1) is 14.9. The average molecular weight is 290 g/mol. The lowest BCUT2D eigenvalue weighted by atomic mass is 10.1. The van der Waals surface area contributed by atoms with E-state index in [1.807, 2.05) is 36.4 Å². The normalized spacial score (nSPS) is 11.0. The topological polar surface area (TPSA) is 27.0 Å². The summed E-state index contributed by atoms with van der Waals surface area (Å²) in [6, 6.07) is 14.6. The van der Waals surface area contributed by atoms with Crippen molar-refractivity contribution in [1.29, 1.82) is 5.26 Å². The Kier molecular flexibility index (Phi) is 4.18. The summed E-state index contributed by atoms with van der Waals surface area (Å²) in [5.74, 6) is 0. The van der Waals surface area contributed by atoms with Gasteiger partial charge in [0.25, 0.3) is 0 Å². The number of benzene rings is 2. The third kappa shape index (κ3) is 3.54. The molecule has 2 rings (SSSR count). The number of alkyl halides is 3. The molecule has 0 aliphatic heterocycles. The Balaban J connectivity index is 2.29. The maximum atomic E-state index is 12.7. The van der Waals surface area contributed by atoms with Crippen LogP contribution in [0.15, 0.2) is 48.5 Å². The number of nitrogens with zero attached hydrogens (tertiary/aromatic N) is 2. The summed E-state index contributed by atoms with van der Waals surface area (Å²) in [6.07, 6.45) is -4.44. The van der Waals surface area contributed by atoms with Crippen molar-refractivity contribution in [2.24, 2.45) is 0 Å². The molecule has 0 spiro atoms. The predicted molar refractivity (Wildman–Crippen MR) is 74.7 cm³/mol. The van der Waals surface area contributed by atoms with E-state index in [4.69, 9.17) is 5.26 Å². The van der Waals surface area contributed by atoms with Crippen LogP contribution >= 0.6 is 0 Å². The molecule has 2 aromatic rings. The second-order valence-electron chi connectivity index (χ2n) is 4.68. The zero-order valence-electron chi connectivity index (χ0n) is 11.4. The highest BCUT2D eigenvalue weighted by atomic mass is 19.4. The number of halogens is 3. The molecular formula is C16H13F3N2.